The standard InChI is InChI=1S/C37H41IN6O17/c38-24-8-4-5-21(14-24)34(56)39-12-2-1-9-25(36(58)59)40-26(45)15-41(18-31(50)51)29(48)16-42(19-32(52)53)30(49)17-43(20-33(54)55)35(57)22-6-3-7-23(13-22)37(60)61-44-27(46)10-11-28(44)47/h3-8,13-14,25,27,46H,1-2,9-12,15-20H2,(H,39,56)(H,40,45)(H,50,51)(H,52,53)(H,54,55)(H,58,59)/t25-,27?/m1/s1. The Bertz CT molecular complexity index is 2050. The van der Waals surface area contributed by atoms with E-state index in [9.17, 15) is 78.3 Å². The highest BCUT2D eigenvalue weighted by Crippen LogP contribution is 2.19. The van der Waals surface area contributed by atoms with Crippen molar-refractivity contribution < 1.29 is 83.1 Å². The lowest BCUT2D eigenvalue weighted by molar-refractivity contribution is -0.191. The molecular formula is C37H41IN6O17. The van der Waals surface area contributed by atoms with E-state index in [4.69, 9.17) is 4.84 Å². The normalized spacial score (nSPS) is 13.6. The van der Waals surface area contributed by atoms with Crippen LogP contribution >= 0.6 is 22.6 Å². The number of nitrogens with zero attached hydrogens (tertiary/aromatic N) is 4. The van der Waals surface area contributed by atoms with Gasteiger partial charge in [0.15, 0.2) is 6.23 Å². The summed E-state index contributed by atoms with van der Waals surface area (Å²) in [6, 6.07) is 9.72. The molecule has 0 saturated carbocycles. The van der Waals surface area contributed by atoms with Crippen molar-refractivity contribution in [1.82, 2.24) is 30.4 Å². The molecule has 24 heteroatoms. The Morgan fingerprint density at radius 2 is 1.30 bits per heavy atom. The number of carbonyl (C=O) groups excluding carboxylic acids is 7. The molecular weight excluding hydrogens is 927 g/mol. The van der Waals surface area contributed by atoms with Crippen LogP contribution in [0.2, 0.25) is 0 Å². The number of hydroxylamine groups is 2. The third kappa shape index (κ3) is 15.8. The molecule has 1 fully saturated rings. The number of nitrogens with one attached hydrogen (secondary N) is 2. The Kier molecular flexibility index (Phi) is 18.5. The average Bonchev–Trinajstić information content (AvgIpc) is 3.50. The Balaban J connectivity index is 1.67. The molecule has 0 bridgehead atoms. The quantitative estimate of drug-likeness (QED) is 0.0509. The van der Waals surface area contributed by atoms with Gasteiger partial charge in [-0.1, -0.05) is 12.1 Å². The number of carbonyl (C=O) groups is 11. The van der Waals surface area contributed by atoms with E-state index >= 15 is 0 Å². The monoisotopic (exact) mass is 968 g/mol. The van der Waals surface area contributed by atoms with Crippen molar-refractivity contribution in [3.8, 4) is 0 Å². The van der Waals surface area contributed by atoms with Crippen LogP contribution in [0.4, 0.5) is 0 Å². The number of halogens is 1. The van der Waals surface area contributed by atoms with Crippen molar-refractivity contribution in [1.29, 1.82) is 0 Å². The number of hydrogen-bond donors (Lipinski definition) is 7. The summed E-state index contributed by atoms with van der Waals surface area (Å²) >= 11 is 2.05. The maximum atomic E-state index is 13.5. The van der Waals surface area contributed by atoms with Gasteiger partial charge in [-0.25, -0.2) is 9.59 Å². The fourth-order valence-corrected chi connectivity index (χ4v) is 6.16. The van der Waals surface area contributed by atoms with Crippen LogP contribution in [0.25, 0.3) is 0 Å². The van der Waals surface area contributed by atoms with Gasteiger partial charge in [0, 0.05) is 34.1 Å². The molecule has 6 amide bonds. The number of amides is 6. The van der Waals surface area contributed by atoms with Crippen LogP contribution in [-0.4, -0.2) is 169 Å². The first kappa shape index (κ1) is 48.7. The number of carboxylic acid groups (broad SMARTS) is 4. The topological polar surface area (TPSA) is 335 Å². The number of aliphatic carboxylic acids is 4. The molecule has 0 spiro atoms. The average molecular weight is 969 g/mol. The minimum atomic E-state index is -1.69. The largest absolute Gasteiger partial charge is 0.480 e. The minimum absolute atomic E-state index is 0.00555. The van der Waals surface area contributed by atoms with E-state index in [2.05, 4.69) is 33.2 Å². The fourth-order valence-electron chi connectivity index (χ4n) is 5.62. The minimum Gasteiger partial charge on any atom is -0.480 e. The van der Waals surface area contributed by atoms with Crippen molar-refractivity contribution >= 4 is 87.9 Å². The van der Waals surface area contributed by atoms with Crippen LogP contribution in [0.15, 0.2) is 48.5 Å². The Morgan fingerprint density at radius 3 is 1.87 bits per heavy atom. The van der Waals surface area contributed by atoms with Crippen molar-refractivity contribution in [3.05, 3.63) is 68.8 Å². The van der Waals surface area contributed by atoms with E-state index in [1.807, 2.05) is 0 Å². The highest BCUT2D eigenvalue weighted by molar-refractivity contribution is 14.1. The molecule has 0 radical (unpaired) electrons. The van der Waals surface area contributed by atoms with E-state index < -0.39 is 111 Å². The first-order valence-electron chi connectivity index (χ1n) is 18.1. The van der Waals surface area contributed by atoms with E-state index in [0.717, 1.165) is 15.7 Å². The van der Waals surface area contributed by atoms with Crippen molar-refractivity contribution in [2.24, 2.45) is 0 Å². The summed E-state index contributed by atoms with van der Waals surface area (Å²) in [6.45, 7) is -6.76. The number of aliphatic hydroxyl groups is 1. The van der Waals surface area contributed by atoms with Crippen LogP contribution < -0.4 is 10.6 Å². The van der Waals surface area contributed by atoms with Crippen LogP contribution in [0, 0.1) is 3.57 Å². The predicted octanol–water partition coefficient (Wildman–Crippen LogP) is -1.17. The van der Waals surface area contributed by atoms with Gasteiger partial charge in [-0.15, -0.1) is 5.06 Å². The van der Waals surface area contributed by atoms with Crippen molar-refractivity contribution in [2.75, 3.05) is 45.8 Å². The van der Waals surface area contributed by atoms with E-state index in [-0.39, 0.29) is 49.3 Å². The smallest absolute Gasteiger partial charge is 0.363 e. The van der Waals surface area contributed by atoms with Crippen molar-refractivity contribution in [3.63, 3.8) is 0 Å². The maximum Gasteiger partial charge on any atom is 0.363 e. The van der Waals surface area contributed by atoms with Crippen molar-refractivity contribution in [2.45, 2.75) is 44.4 Å². The molecule has 2 aromatic carbocycles. The molecule has 2 atom stereocenters. The number of unbranched alkanes of at least 4 members (excludes halogenated alkanes) is 1. The SMILES string of the molecule is O=C(O)CN(CC(=O)N[C@H](CCCCNC(=O)c1cccc(I)c1)C(=O)O)C(=O)CN(CC(=O)O)C(=O)CN(CC(=O)O)C(=O)c1cccc(C(=O)ON2C(=O)CCC2O)c1. The molecule has 328 valence electrons. The zero-order valence-electron chi connectivity index (χ0n) is 32.1. The Labute approximate surface area is 359 Å². The molecule has 1 aliphatic rings. The number of hydrogen-bond acceptors (Lipinski definition) is 13. The summed E-state index contributed by atoms with van der Waals surface area (Å²) in [5.41, 5.74) is -0.273. The molecule has 23 nitrogen and oxygen atoms in total. The summed E-state index contributed by atoms with van der Waals surface area (Å²) in [4.78, 5) is 143. The molecule has 1 saturated heterocycles. The van der Waals surface area contributed by atoms with Gasteiger partial charge in [-0.2, -0.15) is 0 Å². The second kappa shape index (κ2) is 23.2. The molecule has 7 N–H and O–H groups in total. The summed E-state index contributed by atoms with van der Waals surface area (Å²) < 4.78 is 0.846. The lowest BCUT2D eigenvalue weighted by Gasteiger charge is -2.28. The highest BCUT2D eigenvalue weighted by Gasteiger charge is 2.34. The first-order chi connectivity index (χ1) is 28.7. The van der Waals surface area contributed by atoms with Crippen LogP contribution in [-0.2, 0) is 43.2 Å². The second-order valence-corrected chi connectivity index (χ2v) is 14.5. The molecule has 61 heavy (non-hydrogen) atoms. The molecule has 0 aliphatic carbocycles. The third-order valence-electron chi connectivity index (χ3n) is 8.54. The molecule has 1 aliphatic heterocycles. The van der Waals surface area contributed by atoms with Gasteiger partial charge < -0.3 is 55.7 Å². The Hall–Kier alpha value is -6.70. The summed E-state index contributed by atoms with van der Waals surface area (Å²) in [7, 11) is 0. The van der Waals surface area contributed by atoms with Gasteiger partial charge >= 0.3 is 29.8 Å². The highest BCUT2D eigenvalue weighted by atomic mass is 127. The van der Waals surface area contributed by atoms with Crippen LogP contribution in [0.1, 0.15) is 63.2 Å². The van der Waals surface area contributed by atoms with E-state index in [1.54, 1.807) is 24.3 Å². The second-order valence-electron chi connectivity index (χ2n) is 13.3. The number of rotatable bonds is 23. The predicted molar refractivity (Wildman–Crippen MR) is 211 cm³/mol. The summed E-state index contributed by atoms with van der Waals surface area (Å²) in [6.07, 6.45) is -1.12. The van der Waals surface area contributed by atoms with Gasteiger partial charge in [0.2, 0.25) is 17.7 Å². The van der Waals surface area contributed by atoms with E-state index in [1.165, 1.54) is 12.1 Å². The first-order valence-corrected chi connectivity index (χ1v) is 19.2. The molecule has 2 aromatic rings. The Morgan fingerprint density at radius 1 is 0.738 bits per heavy atom. The summed E-state index contributed by atoms with van der Waals surface area (Å²) in [5, 5.41) is 53.3. The van der Waals surface area contributed by atoms with E-state index in [0.29, 0.717) is 31.7 Å². The van der Waals surface area contributed by atoms with Gasteiger partial charge in [0.1, 0.15) is 45.3 Å². The van der Waals surface area contributed by atoms with Gasteiger partial charge in [-0.05, 0) is 78.3 Å². The number of carboxylic acids is 4. The number of benzene rings is 2. The molecule has 1 unspecified atom stereocenters. The van der Waals surface area contributed by atoms with Gasteiger partial charge in [0.25, 0.3) is 17.7 Å². The van der Waals surface area contributed by atoms with Crippen LogP contribution in [0.3, 0.4) is 0 Å². The molecule has 0 aromatic heterocycles. The number of aliphatic hydroxyl groups excluding tert-OH is 1. The molecule has 3 rings (SSSR count). The lowest BCUT2D eigenvalue weighted by atomic mass is 10.1. The third-order valence-corrected chi connectivity index (χ3v) is 9.21. The zero-order chi connectivity index (χ0) is 45.4. The summed E-state index contributed by atoms with van der Waals surface area (Å²) in [5.74, 6) is -13.6. The van der Waals surface area contributed by atoms with Crippen LogP contribution in [0.5, 0.6) is 0 Å². The maximum absolute atomic E-state index is 13.5. The molecule has 1 heterocycles. The van der Waals surface area contributed by atoms with Gasteiger partial charge in [-0.3, -0.25) is 43.2 Å². The lowest BCUT2D eigenvalue weighted by Crippen LogP contribution is -2.52. The van der Waals surface area contributed by atoms with Gasteiger partial charge in [0.05, 0.1) is 5.56 Å². The zero-order valence-corrected chi connectivity index (χ0v) is 34.2. The fraction of sp³-hybridized carbons (Fsp3) is 0.378.